The van der Waals surface area contributed by atoms with E-state index in [1.165, 1.54) is 4.31 Å². The number of aryl methyl sites for hydroxylation is 1. The number of nitrogens with one attached hydrogen (secondary N) is 1. The van der Waals surface area contributed by atoms with Gasteiger partial charge < -0.3 is 10.2 Å². The zero-order chi connectivity index (χ0) is 26.2. The number of carbonyl (C=O) groups excluding carboxylic acids is 2. The minimum absolute atomic E-state index is 0.0975. The van der Waals surface area contributed by atoms with E-state index < -0.39 is 16.1 Å². The van der Waals surface area contributed by atoms with Crippen molar-refractivity contribution in [2.75, 3.05) is 23.7 Å². The first-order chi connectivity index (χ1) is 16.4. The zero-order valence-corrected chi connectivity index (χ0v) is 22.7. The molecular formula is C26H36ClN3O4S. The van der Waals surface area contributed by atoms with Crippen LogP contribution in [0.3, 0.4) is 0 Å². The van der Waals surface area contributed by atoms with E-state index in [1.807, 2.05) is 45.0 Å². The van der Waals surface area contributed by atoms with Crippen LogP contribution in [0, 0.1) is 12.8 Å². The normalized spacial score (nSPS) is 12.3. The molecule has 0 bridgehead atoms. The van der Waals surface area contributed by atoms with Crippen LogP contribution in [0.5, 0.6) is 0 Å². The molecule has 0 aliphatic rings. The lowest BCUT2D eigenvalue weighted by Gasteiger charge is -2.30. The maximum absolute atomic E-state index is 13.3. The highest BCUT2D eigenvalue weighted by Gasteiger charge is 2.27. The van der Waals surface area contributed by atoms with Crippen molar-refractivity contribution < 1.29 is 18.0 Å². The Bertz CT molecular complexity index is 1120. The molecule has 192 valence electrons. The fourth-order valence-electron chi connectivity index (χ4n) is 3.64. The standard InChI is InChI=1S/C26H36ClN3O4S/c1-19(2)17-28-26(32)21(4)29(18-22-11-7-6-10-20(22)3)25(31)14-9-15-30(35(5,33)34)24-13-8-12-23(27)16-24/h6-8,10-13,16,19,21H,9,14-15,17-18H2,1-5H3,(H,28,32)/t21-/m0/s1. The van der Waals surface area contributed by atoms with Crippen LogP contribution in [0.25, 0.3) is 0 Å². The molecule has 0 radical (unpaired) electrons. The minimum Gasteiger partial charge on any atom is -0.354 e. The van der Waals surface area contributed by atoms with Crippen LogP contribution >= 0.6 is 11.6 Å². The Hall–Kier alpha value is -2.58. The average molecular weight is 522 g/mol. The monoisotopic (exact) mass is 521 g/mol. The third kappa shape index (κ3) is 8.85. The van der Waals surface area contributed by atoms with Gasteiger partial charge in [-0.05, 0) is 55.5 Å². The van der Waals surface area contributed by atoms with Crippen LogP contribution < -0.4 is 9.62 Å². The number of anilines is 1. The predicted molar refractivity (Wildman–Crippen MR) is 142 cm³/mol. The van der Waals surface area contributed by atoms with Crippen LogP contribution in [0.4, 0.5) is 5.69 Å². The number of hydrogen-bond acceptors (Lipinski definition) is 4. The Kier molecular flexibility index (Phi) is 10.6. The topological polar surface area (TPSA) is 86.8 Å². The molecule has 7 nitrogen and oxygen atoms in total. The van der Waals surface area contributed by atoms with Crippen molar-refractivity contribution in [3.8, 4) is 0 Å². The molecule has 0 fully saturated rings. The fraction of sp³-hybridized carbons (Fsp3) is 0.462. The number of halogens is 1. The van der Waals surface area contributed by atoms with Gasteiger partial charge in [-0.3, -0.25) is 13.9 Å². The fourth-order valence-corrected chi connectivity index (χ4v) is 4.78. The van der Waals surface area contributed by atoms with E-state index in [2.05, 4.69) is 5.32 Å². The Morgan fingerprint density at radius 2 is 1.74 bits per heavy atom. The summed E-state index contributed by atoms with van der Waals surface area (Å²) < 4.78 is 26.0. The summed E-state index contributed by atoms with van der Waals surface area (Å²) in [5.41, 5.74) is 2.44. The largest absolute Gasteiger partial charge is 0.354 e. The van der Waals surface area contributed by atoms with Crippen molar-refractivity contribution in [2.45, 2.75) is 53.1 Å². The molecule has 2 aromatic rings. The number of sulfonamides is 1. The number of carbonyl (C=O) groups is 2. The van der Waals surface area contributed by atoms with Crippen molar-refractivity contribution in [2.24, 2.45) is 5.92 Å². The van der Waals surface area contributed by atoms with E-state index in [0.29, 0.717) is 36.1 Å². The minimum atomic E-state index is -3.57. The van der Waals surface area contributed by atoms with Crippen molar-refractivity contribution in [3.63, 3.8) is 0 Å². The summed E-state index contributed by atoms with van der Waals surface area (Å²) in [5.74, 6) is -0.127. The first-order valence-corrected chi connectivity index (χ1v) is 14.0. The van der Waals surface area contributed by atoms with Gasteiger partial charge in [0.2, 0.25) is 21.8 Å². The molecule has 1 atom stereocenters. The third-order valence-corrected chi connectivity index (χ3v) is 7.13. The van der Waals surface area contributed by atoms with Gasteiger partial charge >= 0.3 is 0 Å². The summed E-state index contributed by atoms with van der Waals surface area (Å²) in [7, 11) is -3.57. The molecule has 0 aliphatic heterocycles. The molecule has 2 rings (SSSR count). The van der Waals surface area contributed by atoms with E-state index in [1.54, 1.807) is 36.1 Å². The third-order valence-electron chi connectivity index (χ3n) is 5.70. The highest BCUT2D eigenvalue weighted by atomic mass is 35.5. The van der Waals surface area contributed by atoms with Gasteiger partial charge in [-0.2, -0.15) is 0 Å². The number of rotatable bonds is 12. The van der Waals surface area contributed by atoms with Crippen molar-refractivity contribution in [1.82, 2.24) is 10.2 Å². The Balaban J connectivity index is 2.17. The van der Waals surface area contributed by atoms with Gasteiger partial charge in [0.15, 0.2) is 0 Å². The first kappa shape index (κ1) is 28.7. The van der Waals surface area contributed by atoms with Crippen LogP contribution in [0.2, 0.25) is 5.02 Å². The van der Waals surface area contributed by atoms with E-state index in [9.17, 15) is 18.0 Å². The Morgan fingerprint density at radius 1 is 1.06 bits per heavy atom. The average Bonchev–Trinajstić information content (AvgIpc) is 2.78. The molecule has 0 saturated heterocycles. The summed E-state index contributed by atoms with van der Waals surface area (Å²) in [6.45, 7) is 8.65. The predicted octanol–water partition coefficient (Wildman–Crippen LogP) is 4.38. The van der Waals surface area contributed by atoms with Crippen LogP contribution in [-0.2, 0) is 26.2 Å². The van der Waals surface area contributed by atoms with Crippen molar-refractivity contribution in [3.05, 3.63) is 64.7 Å². The van der Waals surface area contributed by atoms with Gasteiger partial charge in [-0.15, -0.1) is 0 Å². The highest BCUT2D eigenvalue weighted by molar-refractivity contribution is 7.92. The molecule has 0 aliphatic carbocycles. The Labute approximate surface area is 214 Å². The van der Waals surface area contributed by atoms with Gasteiger partial charge in [0.1, 0.15) is 6.04 Å². The molecule has 2 aromatic carbocycles. The molecule has 0 heterocycles. The second kappa shape index (κ2) is 12.9. The molecule has 1 N–H and O–H groups in total. The molecule has 2 amide bonds. The van der Waals surface area contributed by atoms with Gasteiger partial charge in [0, 0.05) is 31.1 Å². The SMILES string of the molecule is Cc1ccccc1CN(C(=O)CCCN(c1cccc(Cl)c1)S(C)(=O)=O)[C@@H](C)C(=O)NCC(C)C. The number of hydrogen-bond donors (Lipinski definition) is 1. The number of nitrogens with zero attached hydrogens (tertiary/aromatic N) is 2. The molecule has 0 saturated carbocycles. The van der Waals surface area contributed by atoms with Crippen molar-refractivity contribution >= 4 is 39.1 Å². The summed E-state index contributed by atoms with van der Waals surface area (Å²) in [6.07, 6.45) is 1.52. The maximum Gasteiger partial charge on any atom is 0.242 e. The quantitative estimate of drug-likeness (QED) is 0.449. The maximum atomic E-state index is 13.3. The summed E-state index contributed by atoms with van der Waals surface area (Å²) in [5, 5.41) is 3.33. The second-order valence-corrected chi connectivity index (χ2v) is 11.5. The first-order valence-electron chi connectivity index (χ1n) is 11.7. The lowest BCUT2D eigenvalue weighted by molar-refractivity contribution is -0.140. The molecule has 35 heavy (non-hydrogen) atoms. The molecule has 0 aromatic heterocycles. The van der Waals surface area contributed by atoms with Gasteiger partial charge in [-0.1, -0.05) is 55.8 Å². The Morgan fingerprint density at radius 3 is 2.34 bits per heavy atom. The highest BCUT2D eigenvalue weighted by Crippen LogP contribution is 2.23. The molecular weight excluding hydrogens is 486 g/mol. The summed E-state index contributed by atoms with van der Waals surface area (Å²) in [6, 6.07) is 13.7. The van der Waals surface area contributed by atoms with Gasteiger partial charge in [-0.25, -0.2) is 8.42 Å². The summed E-state index contributed by atoms with van der Waals surface area (Å²) >= 11 is 6.04. The van der Waals surface area contributed by atoms with Crippen LogP contribution in [0.15, 0.2) is 48.5 Å². The summed E-state index contributed by atoms with van der Waals surface area (Å²) in [4.78, 5) is 27.7. The number of amides is 2. The van der Waals surface area contributed by atoms with E-state index >= 15 is 0 Å². The van der Waals surface area contributed by atoms with Crippen molar-refractivity contribution in [1.29, 1.82) is 0 Å². The number of benzene rings is 2. The smallest absolute Gasteiger partial charge is 0.242 e. The molecule has 0 spiro atoms. The van der Waals surface area contributed by atoms with E-state index in [0.717, 1.165) is 17.4 Å². The van der Waals surface area contributed by atoms with Gasteiger partial charge in [0.05, 0.1) is 11.9 Å². The van der Waals surface area contributed by atoms with Gasteiger partial charge in [0.25, 0.3) is 0 Å². The van der Waals surface area contributed by atoms with E-state index in [-0.39, 0.29) is 24.8 Å². The molecule has 0 unspecified atom stereocenters. The van der Waals surface area contributed by atoms with E-state index in [4.69, 9.17) is 11.6 Å². The second-order valence-electron chi connectivity index (χ2n) is 9.18. The molecule has 9 heteroatoms. The lowest BCUT2D eigenvalue weighted by Crippen LogP contribution is -2.48. The van der Waals surface area contributed by atoms with Crippen LogP contribution in [-0.4, -0.2) is 50.5 Å². The lowest BCUT2D eigenvalue weighted by atomic mass is 10.1. The zero-order valence-electron chi connectivity index (χ0n) is 21.1. The van der Waals surface area contributed by atoms with Crippen LogP contribution in [0.1, 0.15) is 44.7 Å².